The summed E-state index contributed by atoms with van der Waals surface area (Å²) in [6, 6.07) is 13.4. The maximum atomic E-state index is 12.9. The fourth-order valence-electron chi connectivity index (χ4n) is 2.09. The number of thioether (sulfide) groups is 1. The number of halogens is 1. The van der Waals surface area contributed by atoms with Crippen molar-refractivity contribution in [3.63, 3.8) is 0 Å². The van der Waals surface area contributed by atoms with E-state index in [0.29, 0.717) is 10.8 Å². The Labute approximate surface area is 148 Å². The SMILES string of the molecule is Cc1ccc(-n2nnnc2S[C@@H](C)C(=O)Nc2ccc(F)cc2)cc1. The minimum absolute atomic E-state index is 0.213. The molecule has 1 heterocycles. The molecule has 0 unspecified atom stereocenters. The van der Waals surface area contributed by atoms with Crippen molar-refractivity contribution in [1.29, 1.82) is 0 Å². The number of aromatic nitrogens is 4. The van der Waals surface area contributed by atoms with Gasteiger partial charge in [-0.25, -0.2) is 4.39 Å². The van der Waals surface area contributed by atoms with E-state index in [4.69, 9.17) is 0 Å². The van der Waals surface area contributed by atoms with Gasteiger partial charge in [0.15, 0.2) is 0 Å². The second kappa shape index (κ2) is 7.43. The molecule has 0 saturated carbocycles. The fourth-order valence-corrected chi connectivity index (χ4v) is 2.90. The number of anilines is 1. The van der Waals surface area contributed by atoms with E-state index in [0.717, 1.165) is 11.3 Å². The van der Waals surface area contributed by atoms with E-state index in [9.17, 15) is 9.18 Å². The van der Waals surface area contributed by atoms with Gasteiger partial charge in [0.05, 0.1) is 10.9 Å². The van der Waals surface area contributed by atoms with E-state index in [-0.39, 0.29) is 11.7 Å². The van der Waals surface area contributed by atoms with E-state index in [1.807, 2.05) is 31.2 Å². The molecular weight excluding hydrogens is 341 g/mol. The Balaban J connectivity index is 1.70. The Morgan fingerprint density at radius 1 is 1.16 bits per heavy atom. The Bertz CT molecular complexity index is 864. The molecule has 1 aromatic heterocycles. The van der Waals surface area contributed by atoms with Crippen molar-refractivity contribution in [1.82, 2.24) is 20.2 Å². The molecule has 1 N–H and O–H groups in total. The van der Waals surface area contributed by atoms with Crippen molar-refractivity contribution in [3.05, 3.63) is 59.9 Å². The number of hydrogen-bond donors (Lipinski definition) is 1. The molecule has 128 valence electrons. The average molecular weight is 357 g/mol. The van der Waals surface area contributed by atoms with Gasteiger partial charge in [0.1, 0.15) is 5.82 Å². The molecule has 0 saturated heterocycles. The molecular formula is C17H16FN5OS. The topological polar surface area (TPSA) is 72.7 Å². The van der Waals surface area contributed by atoms with E-state index in [2.05, 4.69) is 20.8 Å². The van der Waals surface area contributed by atoms with Gasteiger partial charge in [-0.3, -0.25) is 4.79 Å². The first-order valence-electron chi connectivity index (χ1n) is 7.61. The molecule has 0 spiro atoms. The predicted molar refractivity (Wildman–Crippen MR) is 94.2 cm³/mol. The molecule has 0 bridgehead atoms. The second-order valence-electron chi connectivity index (χ2n) is 5.47. The molecule has 2 aromatic carbocycles. The van der Waals surface area contributed by atoms with Crippen molar-refractivity contribution < 1.29 is 9.18 Å². The van der Waals surface area contributed by atoms with Gasteiger partial charge in [-0.1, -0.05) is 29.5 Å². The number of tetrazole rings is 1. The van der Waals surface area contributed by atoms with Crippen LogP contribution in [0, 0.1) is 12.7 Å². The van der Waals surface area contributed by atoms with Crippen molar-refractivity contribution in [2.75, 3.05) is 5.32 Å². The zero-order valence-corrected chi connectivity index (χ0v) is 14.5. The van der Waals surface area contributed by atoms with Crippen LogP contribution >= 0.6 is 11.8 Å². The summed E-state index contributed by atoms with van der Waals surface area (Å²) in [4.78, 5) is 12.3. The Morgan fingerprint density at radius 3 is 2.52 bits per heavy atom. The number of nitrogens with zero attached hydrogens (tertiary/aromatic N) is 4. The summed E-state index contributed by atoms with van der Waals surface area (Å²) in [5, 5.41) is 14.5. The van der Waals surface area contributed by atoms with Gasteiger partial charge in [0.25, 0.3) is 0 Å². The van der Waals surface area contributed by atoms with Crippen LogP contribution in [0.3, 0.4) is 0 Å². The lowest BCUT2D eigenvalue weighted by Gasteiger charge is -2.11. The third-order valence-electron chi connectivity index (χ3n) is 3.48. The van der Waals surface area contributed by atoms with Crippen LogP contribution in [0.4, 0.5) is 10.1 Å². The quantitative estimate of drug-likeness (QED) is 0.710. The summed E-state index contributed by atoms with van der Waals surface area (Å²) in [6.07, 6.45) is 0. The van der Waals surface area contributed by atoms with Gasteiger partial charge in [-0.15, -0.1) is 5.10 Å². The highest BCUT2D eigenvalue weighted by Gasteiger charge is 2.19. The number of rotatable bonds is 5. The van der Waals surface area contributed by atoms with E-state index >= 15 is 0 Å². The van der Waals surface area contributed by atoms with Crippen molar-refractivity contribution in [2.45, 2.75) is 24.3 Å². The maximum absolute atomic E-state index is 12.9. The van der Waals surface area contributed by atoms with Crippen LogP contribution in [0.25, 0.3) is 5.69 Å². The number of carbonyl (C=O) groups is 1. The predicted octanol–water partition coefficient (Wildman–Crippen LogP) is 3.23. The monoisotopic (exact) mass is 357 g/mol. The summed E-state index contributed by atoms with van der Waals surface area (Å²) in [5.74, 6) is -0.562. The van der Waals surface area contributed by atoms with Gasteiger partial charge in [0.2, 0.25) is 11.1 Å². The third kappa shape index (κ3) is 4.21. The molecule has 1 atom stereocenters. The van der Waals surface area contributed by atoms with Gasteiger partial charge < -0.3 is 5.32 Å². The van der Waals surface area contributed by atoms with Crippen LogP contribution in [-0.4, -0.2) is 31.4 Å². The van der Waals surface area contributed by atoms with Gasteiger partial charge in [-0.2, -0.15) is 4.68 Å². The first-order chi connectivity index (χ1) is 12.0. The molecule has 0 radical (unpaired) electrons. The fraction of sp³-hybridized carbons (Fsp3) is 0.176. The second-order valence-corrected chi connectivity index (χ2v) is 6.77. The molecule has 0 aliphatic heterocycles. The van der Waals surface area contributed by atoms with Crippen LogP contribution in [0.15, 0.2) is 53.7 Å². The summed E-state index contributed by atoms with van der Waals surface area (Å²) in [6.45, 7) is 3.76. The number of aryl methyl sites for hydroxylation is 1. The summed E-state index contributed by atoms with van der Waals surface area (Å²) >= 11 is 1.25. The number of hydrogen-bond acceptors (Lipinski definition) is 5. The first kappa shape index (κ1) is 17.1. The third-order valence-corrected chi connectivity index (χ3v) is 4.52. The first-order valence-corrected chi connectivity index (χ1v) is 8.49. The molecule has 3 rings (SSSR count). The highest BCUT2D eigenvalue weighted by molar-refractivity contribution is 8.00. The van der Waals surface area contributed by atoms with Gasteiger partial charge in [0, 0.05) is 5.69 Å². The molecule has 25 heavy (non-hydrogen) atoms. The van der Waals surface area contributed by atoms with Crippen molar-refractivity contribution in [2.24, 2.45) is 0 Å². The Hall–Kier alpha value is -2.74. The zero-order chi connectivity index (χ0) is 17.8. The van der Waals surface area contributed by atoms with Crippen LogP contribution < -0.4 is 5.32 Å². The molecule has 6 nitrogen and oxygen atoms in total. The van der Waals surface area contributed by atoms with Crippen molar-refractivity contribution in [3.8, 4) is 5.69 Å². The summed E-state index contributed by atoms with van der Waals surface area (Å²) in [5.41, 5.74) is 2.50. The summed E-state index contributed by atoms with van der Waals surface area (Å²) < 4.78 is 14.5. The van der Waals surface area contributed by atoms with Crippen molar-refractivity contribution >= 4 is 23.4 Å². The van der Waals surface area contributed by atoms with E-state index < -0.39 is 5.25 Å². The number of carbonyl (C=O) groups excluding carboxylic acids is 1. The Morgan fingerprint density at radius 2 is 1.84 bits per heavy atom. The normalized spacial score (nSPS) is 12.0. The number of amides is 1. The van der Waals surface area contributed by atoms with Gasteiger partial charge in [-0.05, 0) is 60.7 Å². The highest BCUT2D eigenvalue weighted by atomic mass is 32.2. The molecule has 0 aliphatic carbocycles. The zero-order valence-electron chi connectivity index (χ0n) is 13.7. The van der Waals surface area contributed by atoms with E-state index in [1.54, 1.807) is 11.6 Å². The van der Waals surface area contributed by atoms with Crippen LogP contribution in [0.1, 0.15) is 12.5 Å². The standard InChI is InChI=1S/C17H16FN5OS/c1-11-3-9-15(10-4-11)23-17(20-21-22-23)25-12(2)16(24)19-14-7-5-13(18)6-8-14/h3-10,12H,1-2H3,(H,19,24)/t12-/m0/s1. The lowest BCUT2D eigenvalue weighted by molar-refractivity contribution is -0.115. The lowest BCUT2D eigenvalue weighted by atomic mass is 10.2. The van der Waals surface area contributed by atoms with Gasteiger partial charge >= 0.3 is 0 Å². The number of nitrogens with one attached hydrogen (secondary N) is 1. The highest BCUT2D eigenvalue weighted by Crippen LogP contribution is 2.24. The maximum Gasteiger partial charge on any atom is 0.237 e. The molecule has 3 aromatic rings. The summed E-state index contributed by atoms with van der Waals surface area (Å²) in [7, 11) is 0. The minimum atomic E-state index is -0.430. The molecule has 1 amide bonds. The number of benzene rings is 2. The van der Waals surface area contributed by atoms with Crippen LogP contribution in [0.5, 0.6) is 0 Å². The molecule has 8 heteroatoms. The minimum Gasteiger partial charge on any atom is -0.325 e. The molecule has 0 fully saturated rings. The van der Waals surface area contributed by atoms with Crippen LogP contribution in [-0.2, 0) is 4.79 Å². The Kier molecular flexibility index (Phi) is 5.08. The largest absolute Gasteiger partial charge is 0.325 e. The lowest BCUT2D eigenvalue weighted by Crippen LogP contribution is -2.22. The van der Waals surface area contributed by atoms with E-state index in [1.165, 1.54) is 36.0 Å². The molecule has 0 aliphatic rings. The average Bonchev–Trinajstić information content (AvgIpc) is 3.05. The van der Waals surface area contributed by atoms with Crippen LogP contribution in [0.2, 0.25) is 0 Å². The smallest absolute Gasteiger partial charge is 0.237 e.